The highest BCUT2D eigenvalue weighted by Crippen LogP contribution is 2.30. The monoisotopic (exact) mass is 229 g/mol. The zero-order valence-corrected chi connectivity index (χ0v) is 9.69. The number of aliphatic hydroxyl groups excluding tert-OH is 1. The van der Waals surface area contributed by atoms with Gasteiger partial charge in [0.05, 0.1) is 11.8 Å². The van der Waals surface area contributed by atoms with Gasteiger partial charge in [0.1, 0.15) is 0 Å². The maximum Gasteiger partial charge on any atom is 0.0973 e. The lowest BCUT2D eigenvalue weighted by Crippen LogP contribution is -2.13. The molecule has 0 aromatic carbocycles. The molecule has 0 saturated carbocycles. The largest absolute Gasteiger partial charge is 0.387 e. The van der Waals surface area contributed by atoms with E-state index in [0.29, 0.717) is 5.92 Å². The van der Waals surface area contributed by atoms with Crippen molar-refractivity contribution in [3.63, 3.8) is 0 Å². The van der Waals surface area contributed by atoms with Crippen LogP contribution in [0, 0.1) is 5.92 Å². The second-order valence-electron chi connectivity index (χ2n) is 3.73. The Bertz CT molecular complexity index is 257. The maximum atomic E-state index is 9.90. The SMILES string of the molecule is OC(CC1CCSCC1)c1ccsn1. The molecule has 1 atom stereocenters. The van der Waals surface area contributed by atoms with E-state index >= 15 is 0 Å². The zero-order valence-electron chi connectivity index (χ0n) is 8.06. The lowest BCUT2D eigenvalue weighted by atomic mass is 9.94. The van der Waals surface area contributed by atoms with Gasteiger partial charge in [-0.05, 0) is 54.3 Å². The standard InChI is InChI=1S/C10H15NOS2/c12-10(9-3-6-14-11-9)7-8-1-4-13-5-2-8/h3,6,8,10,12H,1-2,4-5,7H2. The Morgan fingerprint density at radius 2 is 2.29 bits per heavy atom. The predicted octanol–water partition coefficient (Wildman–Crippen LogP) is 2.71. The van der Waals surface area contributed by atoms with Crippen LogP contribution in [0.15, 0.2) is 11.4 Å². The van der Waals surface area contributed by atoms with Crippen molar-refractivity contribution in [1.82, 2.24) is 4.37 Å². The van der Waals surface area contributed by atoms with Crippen LogP contribution in [0.5, 0.6) is 0 Å². The first-order chi connectivity index (χ1) is 6.86. The molecule has 1 aromatic rings. The van der Waals surface area contributed by atoms with Crippen LogP contribution in [0.1, 0.15) is 31.1 Å². The summed E-state index contributed by atoms with van der Waals surface area (Å²) >= 11 is 3.44. The molecule has 1 aliphatic heterocycles. The van der Waals surface area contributed by atoms with E-state index in [1.165, 1.54) is 35.9 Å². The van der Waals surface area contributed by atoms with Crippen LogP contribution in [-0.2, 0) is 0 Å². The van der Waals surface area contributed by atoms with Gasteiger partial charge in [0.15, 0.2) is 0 Å². The highest BCUT2D eigenvalue weighted by molar-refractivity contribution is 7.99. The molecule has 4 heteroatoms. The second kappa shape index (κ2) is 5.14. The molecule has 14 heavy (non-hydrogen) atoms. The maximum absolute atomic E-state index is 9.90. The van der Waals surface area contributed by atoms with Crippen LogP contribution < -0.4 is 0 Å². The van der Waals surface area contributed by atoms with Crippen molar-refractivity contribution in [1.29, 1.82) is 0 Å². The van der Waals surface area contributed by atoms with Crippen LogP contribution in [0.4, 0.5) is 0 Å². The molecule has 0 bridgehead atoms. The van der Waals surface area contributed by atoms with Gasteiger partial charge >= 0.3 is 0 Å². The van der Waals surface area contributed by atoms with E-state index in [2.05, 4.69) is 4.37 Å². The minimum absolute atomic E-state index is 0.339. The quantitative estimate of drug-likeness (QED) is 0.865. The smallest absolute Gasteiger partial charge is 0.0973 e. The van der Waals surface area contributed by atoms with Crippen molar-refractivity contribution < 1.29 is 5.11 Å². The molecule has 2 nitrogen and oxygen atoms in total. The summed E-state index contributed by atoms with van der Waals surface area (Å²) in [5.74, 6) is 3.22. The summed E-state index contributed by atoms with van der Waals surface area (Å²) in [4.78, 5) is 0. The molecular weight excluding hydrogens is 214 g/mol. The van der Waals surface area contributed by atoms with Gasteiger partial charge in [0, 0.05) is 5.38 Å². The Labute approximate surface area is 92.9 Å². The number of aromatic nitrogens is 1. The van der Waals surface area contributed by atoms with E-state index in [-0.39, 0.29) is 6.10 Å². The lowest BCUT2D eigenvalue weighted by Gasteiger charge is -2.22. The van der Waals surface area contributed by atoms with Crippen LogP contribution >= 0.6 is 23.3 Å². The van der Waals surface area contributed by atoms with Crippen LogP contribution in [-0.4, -0.2) is 21.0 Å². The van der Waals surface area contributed by atoms with E-state index in [9.17, 15) is 5.11 Å². The fourth-order valence-corrected chi connectivity index (χ4v) is 3.58. The number of hydrogen-bond donors (Lipinski definition) is 1. The van der Waals surface area contributed by atoms with Gasteiger partial charge in [0.2, 0.25) is 0 Å². The number of nitrogens with zero attached hydrogens (tertiary/aromatic N) is 1. The van der Waals surface area contributed by atoms with E-state index in [1.807, 2.05) is 23.2 Å². The highest BCUT2D eigenvalue weighted by atomic mass is 32.2. The highest BCUT2D eigenvalue weighted by Gasteiger charge is 2.19. The Kier molecular flexibility index (Phi) is 3.84. The summed E-state index contributed by atoms with van der Waals surface area (Å²) in [5.41, 5.74) is 0.855. The lowest BCUT2D eigenvalue weighted by molar-refractivity contribution is 0.138. The summed E-state index contributed by atoms with van der Waals surface area (Å²) in [6.45, 7) is 0. The molecule has 2 rings (SSSR count). The van der Waals surface area contributed by atoms with Crippen molar-refractivity contribution in [2.45, 2.75) is 25.4 Å². The number of hydrogen-bond acceptors (Lipinski definition) is 4. The summed E-state index contributed by atoms with van der Waals surface area (Å²) < 4.78 is 4.17. The first-order valence-corrected chi connectivity index (χ1v) is 7.01. The first kappa shape index (κ1) is 10.5. The van der Waals surface area contributed by atoms with Gasteiger partial charge < -0.3 is 5.11 Å². The third kappa shape index (κ3) is 2.72. The molecule has 1 saturated heterocycles. The number of thioether (sulfide) groups is 1. The Morgan fingerprint density at radius 1 is 1.50 bits per heavy atom. The van der Waals surface area contributed by atoms with Gasteiger partial charge in [-0.25, -0.2) is 0 Å². The molecule has 1 N–H and O–H groups in total. The Hall–Kier alpha value is -0.0600. The normalized spacial score (nSPS) is 20.9. The van der Waals surface area contributed by atoms with Gasteiger partial charge in [-0.2, -0.15) is 16.1 Å². The molecule has 2 heterocycles. The zero-order chi connectivity index (χ0) is 9.80. The molecule has 0 amide bonds. The summed E-state index contributed by atoms with van der Waals surface area (Å²) in [6.07, 6.45) is 3.07. The third-order valence-electron chi connectivity index (χ3n) is 2.70. The first-order valence-electron chi connectivity index (χ1n) is 5.02. The number of aliphatic hydroxyl groups is 1. The molecule has 0 aliphatic carbocycles. The van der Waals surface area contributed by atoms with Crippen molar-refractivity contribution in [2.75, 3.05) is 11.5 Å². The van der Waals surface area contributed by atoms with E-state index < -0.39 is 0 Å². The van der Waals surface area contributed by atoms with Crippen LogP contribution in [0.2, 0.25) is 0 Å². The molecule has 1 unspecified atom stereocenters. The minimum atomic E-state index is -0.339. The summed E-state index contributed by atoms with van der Waals surface area (Å²) in [5, 5.41) is 11.8. The van der Waals surface area contributed by atoms with Gasteiger partial charge in [-0.15, -0.1) is 0 Å². The minimum Gasteiger partial charge on any atom is -0.387 e. The van der Waals surface area contributed by atoms with Crippen molar-refractivity contribution in [3.05, 3.63) is 17.1 Å². The van der Waals surface area contributed by atoms with Gasteiger partial charge in [-0.3, -0.25) is 0 Å². The average molecular weight is 229 g/mol. The molecule has 0 spiro atoms. The van der Waals surface area contributed by atoms with E-state index in [0.717, 1.165) is 12.1 Å². The predicted molar refractivity (Wildman–Crippen MR) is 61.7 cm³/mol. The van der Waals surface area contributed by atoms with Crippen molar-refractivity contribution >= 4 is 23.3 Å². The van der Waals surface area contributed by atoms with Gasteiger partial charge in [-0.1, -0.05) is 0 Å². The summed E-state index contributed by atoms with van der Waals surface area (Å²) in [6, 6.07) is 1.92. The molecule has 1 fully saturated rings. The fourth-order valence-electron chi connectivity index (χ4n) is 1.81. The molecule has 1 aromatic heterocycles. The van der Waals surface area contributed by atoms with Crippen molar-refractivity contribution in [3.8, 4) is 0 Å². The van der Waals surface area contributed by atoms with Crippen molar-refractivity contribution in [2.24, 2.45) is 5.92 Å². The van der Waals surface area contributed by atoms with E-state index in [1.54, 1.807) is 0 Å². The fraction of sp³-hybridized carbons (Fsp3) is 0.700. The molecule has 1 aliphatic rings. The van der Waals surface area contributed by atoms with Gasteiger partial charge in [0.25, 0.3) is 0 Å². The third-order valence-corrected chi connectivity index (χ3v) is 4.32. The topological polar surface area (TPSA) is 33.1 Å². The number of rotatable bonds is 3. The van der Waals surface area contributed by atoms with Crippen LogP contribution in [0.25, 0.3) is 0 Å². The molecular formula is C10H15NOS2. The van der Waals surface area contributed by atoms with Crippen LogP contribution in [0.3, 0.4) is 0 Å². The Balaban J connectivity index is 1.84. The van der Waals surface area contributed by atoms with E-state index in [4.69, 9.17) is 0 Å². The average Bonchev–Trinajstić information content (AvgIpc) is 2.72. The summed E-state index contributed by atoms with van der Waals surface area (Å²) in [7, 11) is 0. The molecule has 78 valence electrons. The molecule has 0 radical (unpaired) electrons. The Morgan fingerprint density at radius 3 is 2.93 bits per heavy atom. The second-order valence-corrected chi connectivity index (χ2v) is 5.62.